The Morgan fingerprint density at radius 3 is 2.38 bits per heavy atom. The van der Waals surface area contributed by atoms with Gasteiger partial charge in [-0.05, 0) is 23.8 Å². The van der Waals surface area contributed by atoms with Gasteiger partial charge in [0, 0.05) is 0 Å². The Labute approximate surface area is 121 Å². The van der Waals surface area contributed by atoms with Gasteiger partial charge in [-0.1, -0.05) is 30.3 Å². The Kier molecular flexibility index (Phi) is 4.56. The van der Waals surface area contributed by atoms with Crippen molar-refractivity contribution in [1.82, 2.24) is 0 Å². The second kappa shape index (κ2) is 6.56. The summed E-state index contributed by atoms with van der Waals surface area (Å²) in [4.78, 5) is 22.7. The van der Waals surface area contributed by atoms with Crippen molar-refractivity contribution in [3.05, 3.63) is 65.2 Å². The van der Waals surface area contributed by atoms with Gasteiger partial charge in [0.05, 0.1) is 18.2 Å². The first-order valence-corrected chi connectivity index (χ1v) is 6.24. The van der Waals surface area contributed by atoms with Gasteiger partial charge in [-0.15, -0.1) is 0 Å². The van der Waals surface area contributed by atoms with E-state index in [2.05, 4.69) is 4.74 Å². The topological polar surface area (TPSA) is 72.8 Å². The van der Waals surface area contributed by atoms with Crippen molar-refractivity contribution in [3.8, 4) is 5.75 Å². The molecule has 21 heavy (non-hydrogen) atoms. The molecule has 0 aliphatic carbocycles. The predicted octanol–water partition coefficient (Wildman–Crippen LogP) is 2.75. The van der Waals surface area contributed by atoms with Crippen molar-refractivity contribution in [2.75, 3.05) is 7.11 Å². The molecule has 0 atom stereocenters. The number of benzene rings is 2. The highest BCUT2D eigenvalue weighted by Gasteiger charge is 2.18. The lowest BCUT2D eigenvalue weighted by Gasteiger charge is -2.09. The van der Waals surface area contributed by atoms with E-state index in [0.717, 1.165) is 5.56 Å². The zero-order valence-electron chi connectivity index (χ0n) is 11.4. The second-order valence-electron chi connectivity index (χ2n) is 4.28. The van der Waals surface area contributed by atoms with E-state index in [1.807, 2.05) is 30.3 Å². The fourth-order valence-corrected chi connectivity index (χ4v) is 1.82. The minimum absolute atomic E-state index is 0.00272. The van der Waals surface area contributed by atoms with Gasteiger partial charge in [-0.3, -0.25) is 0 Å². The van der Waals surface area contributed by atoms with E-state index in [-0.39, 0.29) is 11.1 Å². The molecule has 0 spiro atoms. The summed E-state index contributed by atoms with van der Waals surface area (Å²) < 4.78 is 10.1. The molecule has 5 heteroatoms. The lowest BCUT2D eigenvalue weighted by molar-refractivity contribution is 0.0582. The van der Waals surface area contributed by atoms with Crippen molar-refractivity contribution < 1.29 is 24.2 Å². The van der Waals surface area contributed by atoms with Gasteiger partial charge in [0.1, 0.15) is 12.4 Å². The van der Waals surface area contributed by atoms with Crippen LogP contribution >= 0.6 is 0 Å². The molecule has 0 fully saturated rings. The van der Waals surface area contributed by atoms with Gasteiger partial charge in [-0.25, -0.2) is 9.59 Å². The Morgan fingerprint density at radius 2 is 1.76 bits per heavy atom. The molecule has 2 rings (SSSR count). The van der Waals surface area contributed by atoms with E-state index in [1.165, 1.54) is 19.2 Å². The number of carbonyl (C=O) groups is 2. The van der Waals surface area contributed by atoms with Gasteiger partial charge >= 0.3 is 11.9 Å². The minimum Gasteiger partial charge on any atom is -0.489 e. The molecule has 0 saturated heterocycles. The van der Waals surface area contributed by atoms with Gasteiger partial charge in [0.15, 0.2) is 0 Å². The summed E-state index contributed by atoms with van der Waals surface area (Å²) >= 11 is 0. The highest BCUT2D eigenvalue weighted by Crippen LogP contribution is 2.20. The first kappa shape index (κ1) is 14.6. The Morgan fingerprint density at radius 1 is 1.05 bits per heavy atom. The third-order valence-corrected chi connectivity index (χ3v) is 2.88. The van der Waals surface area contributed by atoms with E-state index < -0.39 is 11.9 Å². The first-order valence-electron chi connectivity index (χ1n) is 6.24. The first-order chi connectivity index (χ1) is 10.1. The third kappa shape index (κ3) is 3.60. The molecule has 0 unspecified atom stereocenters. The van der Waals surface area contributed by atoms with Crippen LogP contribution in [0.25, 0.3) is 0 Å². The lowest BCUT2D eigenvalue weighted by atomic mass is 10.1. The fourth-order valence-electron chi connectivity index (χ4n) is 1.82. The molecule has 0 aromatic heterocycles. The summed E-state index contributed by atoms with van der Waals surface area (Å²) in [6.45, 7) is 0.317. The molecular weight excluding hydrogens is 272 g/mol. The highest BCUT2D eigenvalue weighted by atomic mass is 16.5. The average Bonchev–Trinajstić information content (AvgIpc) is 2.52. The Bertz CT molecular complexity index is 649. The smallest absolute Gasteiger partial charge is 0.338 e. The van der Waals surface area contributed by atoms with Crippen LogP contribution in [0.15, 0.2) is 48.5 Å². The fraction of sp³-hybridized carbons (Fsp3) is 0.125. The molecule has 5 nitrogen and oxygen atoms in total. The van der Waals surface area contributed by atoms with Gasteiger partial charge < -0.3 is 14.6 Å². The van der Waals surface area contributed by atoms with Crippen LogP contribution in [0.5, 0.6) is 5.75 Å². The normalized spacial score (nSPS) is 9.95. The number of esters is 1. The summed E-state index contributed by atoms with van der Waals surface area (Å²) in [6, 6.07) is 13.7. The Balaban J connectivity index is 2.20. The van der Waals surface area contributed by atoms with Gasteiger partial charge in [-0.2, -0.15) is 0 Å². The number of carboxylic acids is 1. The largest absolute Gasteiger partial charge is 0.489 e. The Hall–Kier alpha value is -2.82. The van der Waals surface area contributed by atoms with Crippen LogP contribution in [0.2, 0.25) is 0 Å². The quantitative estimate of drug-likeness (QED) is 0.856. The number of aromatic carboxylic acids is 1. The van der Waals surface area contributed by atoms with E-state index in [0.29, 0.717) is 12.4 Å². The second-order valence-corrected chi connectivity index (χ2v) is 4.28. The maximum atomic E-state index is 11.5. The number of ether oxygens (including phenoxy) is 2. The number of carboxylic acid groups (broad SMARTS) is 1. The molecule has 1 N–H and O–H groups in total. The van der Waals surface area contributed by atoms with Crippen molar-refractivity contribution in [2.24, 2.45) is 0 Å². The summed E-state index contributed by atoms with van der Waals surface area (Å²) in [5.41, 5.74) is 0.816. The van der Waals surface area contributed by atoms with Crippen molar-refractivity contribution >= 4 is 11.9 Å². The molecular formula is C16H14O5. The van der Waals surface area contributed by atoms with Crippen LogP contribution in [-0.2, 0) is 11.3 Å². The van der Waals surface area contributed by atoms with Gasteiger partial charge in [0.2, 0.25) is 0 Å². The molecule has 0 heterocycles. The molecule has 2 aromatic rings. The van der Waals surface area contributed by atoms with Gasteiger partial charge in [0.25, 0.3) is 0 Å². The molecule has 0 aliphatic rings. The summed E-state index contributed by atoms with van der Waals surface area (Å²) in [5.74, 6) is -1.52. The SMILES string of the molecule is COC(=O)c1ccc(OCc2ccccc2)cc1C(=O)O. The van der Waals surface area contributed by atoms with Crippen LogP contribution in [0.4, 0.5) is 0 Å². The molecule has 0 radical (unpaired) electrons. The van der Waals surface area contributed by atoms with Crippen molar-refractivity contribution in [2.45, 2.75) is 6.61 Å². The van der Waals surface area contributed by atoms with E-state index in [9.17, 15) is 9.59 Å². The zero-order chi connectivity index (χ0) is 15.2. The van der Waals surface area contributed by atoms with E-state index in [4.69, 9.17) is 9.84 Å². The predicted molar refractivity (Wildman–Crippen MR) is 75.5 cm³/mol. The van der Waals surface area contributed by atoms with Crippen molar-refractivity contribution in [1.29, 1.82) is 0 Å². The van der Waals surface area contributed by atoms with Crippen molar-refractivity contribution in [3.63, 3.8) is 0 Å². The summed E-state index contributed by atoms with van der Waals surface area (Å²) in [6.07, 6.45) is 0. The third-order valence-electron chi connectivity index (χ3n) is 2.88. The number of hydrogen-bond donors (Lipinski definition) is 1. The molecule has 0 aliphatic heterocycles. The average molecular weight is 286 g/mol. The monoisotopic (exact) mass is 286 g/mol. The summed E-state index contributed by atoms with van der Waals surface area (Å²) in [5, 5.41) is 9.16. The van der Waals surface area contributed by atoms with Crippen LogP contribution in [0, 0.1) is 0 Å². The highest BCUT2D eigenvalue weighted by molar-refractivity contribution is 6.02. The maximum absolute atomic E-state index is 11.5. The molecule has 0 saturated carbocycles. The number of carbonyl (C=O) groups excluding carboxylic acids is 1. The van der Waals surface area contributed by atoms with E-state index in [1.54, 1.807) is 6.07 Å². The number of rotatable bonds is 5. The number of hydrogen-bond acceptors (Lipinski definition) is 4. The maximum Gasteiger partial charge on any atom is 0.338 e. The van der Waals surface area contributed by atoms with Crippen LogP contribution < -0.4 is 4.74 Å². The lowest BCUT2D eigenvalue weighted by Crippen LogP contribution is -2.10. The van der Waals surface area contributed by atoms with Crippen LogP contribution in [-0.4, -0.2) is 24.2 Å². The molecule has 108 valence electrons. The number of methoxy groups -OCH3 is 1. The molecule has 0 amide bonds. The standard InChI is InChI=1S/C16H14O5/c1-20-16(19)13-8-7-12(9-14(13)15(17)18)21-10-11-5-3-2-4-6-11/h2-9H,10H2,1H3,(H,17,18). The van der Waals surface area contributed by atoms with E-state index >= 15 is 0 Å². The van der Waals surface area contributed by atoms with Crippen LogP contribution in [0.3, 0.4) is 0 Å². The molecule has 0 bridgehead atoms. The zero-order valence-corrected chi connectivity index (χ0v) is 11.4. The summed E-state index contributed by atoms with van der Waals surface area (Å²) in [7, 11) is 1.20. The van der Waals surface area contributed by atoms with Crippen LogP contribution in [0.1, 0.15) is 26.3 Å². The minimum atomic E-state index is -1.21. The molecule has 2 aromatic carbocycles.